The third kappa shape index (κ3) is 2.39. The van der Waals surface area contributed by atoms with E-state index in [-0.39, 0.29) is 0 Å². The van der Waals surface area contributed by atoms with Gasteiger partial charge in [-0.2, -0.15) is 0 Å². The quantitative estimate of drug-likeness (QED) is 0.715. The van der Waals surface area contributed by atoms with Crippen LogP contribution in [-0.4, -0.2) is 18.0 Å². The largest absolute Gasteiger partial charge is 0.397 e. The Labute approximate surface area is 85.7 Å². The van der Waals surface area contributed by atoms with Crippen molar-refractivity contribution in [2.45, 2.75) is 20.4 Å². The Bertz CT molecular complexity index is 293. The Kier molecular flexibility index (Phi) is 3.77. The van der Waals surface area contributed by atoms with Crippen LogP contribution >= 0.6 is 0 Å². The summed E-state index contributed by atoms with van der Waals surface area (Å²) >= 11 is 0. The van der Waals surface area contributed by atoms with Gasteiger partial charge in [-0.25, -0.2) is 0 Å². The molecule has 0 saturated heterocycles. The average Bonchev–Trinajstić information content (AvgIpc) is 2.20. The van der Waals surface area contributed by atoms with Gasteiger partial charge in [-0.15, -0.1) is 0 Å². The Morgan fingerprint density at radius 2 is 1.79 bits per heavy atom. The minimum atomic E-state index is 0.676. The molecule has 0 bridgehead atoms. The summed E-state index contributed by atoms with van der Waals surface area (Å²) in [5, 5.41) is 0. The number of nitrogens with two attached hydrogens (primary N) is 2. The van der Waals surface area contributed by atoms with Crippen molar-refractivity contribution in [1.29, 1.82) is 0 Å². The first-order chi connectivity index (χ1) is 6.69. The summed E-state index contributed by atoms with van der Waals surface area (Å²) in [4.78, 5) is 2.31. The number of hydrogen-bond donors (Lipinski definition) is 2. The number of nitrogens with zero attached hydrogens (tertiary/aromatic N) is 1. The first-order valence-corrected chi connectivity index (χ1v) is 5.04. The molecular weight excluding hydrogens is 174 g/mol. The Morgan fingerprint density at radius 3 is 2.36 bits per heavy atom. The molecule has 4 N–H and O–H groups in total. The average molecular weight is 193 g/mol. The van der Waals surface area contributed by atoms with Crippen molar-refractivity contribution in [2.75, 3.05) is 24.6 Å². The minimum absolute atomic E-state index is 0.676. The van der Waals surface area contributed by atoms with Gasteiger partial charge < -0.3 is 11.5 Å². The fraction of sp³-hybridized carbons (Fsp3) is 0.455. The second-order valence-electron chi connectivity index (χ2n) is 3.38. The first-order valence-electron chi connectivity index (χ1n) is 5.04. The summed E-state index contributed by atoms with van der Waals surface area (Å²) in [6.07, 6.45) is 0. The van der Waals surface area contributed by atoms with Crippen LogP contribution in [0.5, 0.6) is 0 Å². The van der Waals surface area contributed by atoms with Crippen LogP contribution in [0, 0.1) is 0 Å². The highest BCUT2D eigenvalue weighted by molar-refractivity contribution is 5.67. The van der Waals surface area contributed by atoms with Gasteiger partial charge >= 0.3 is 0 Å². The van der Waals surface area contributed by atoms with Gasteiger partial charge in [0.25, 0.3) is 0 Å². The fourth-order valence-corrected chi connectivity index (χ4v) is 1.46. The van der Waals surface area contributed by atoms with E-state index < -0.39 is 0 Å². The topological polar surface area (TPSA) is 55.3 Å². The van der Waals surface area contributed by atoms with Crippen LogP contribution in [-0.2, 0) is 6.54 Å². The zero-order valence-corrected chi connectivity index (χ0v) is 8.96. The highest BCUT2D eigenvalue weighted by Crippen LogP contribution is 2.20. The van der Waals surface area contributed by atoms with E-state index in [2.05, 4.69) is 18.7 Å². The van der Waals surface area contributed by atoms with Gasteiger partial charge in [0, 0.05) is 6.54 Å². The molecule has 0 atom stereocenters. The molecule has 14 heavy (non-hydrogen) atoms. The molecule has 0 unspecified atom stereocenters. The lowest BCUT2D eigenvalue weighted by Crippen LogP contribution is -2.22. The van der Waals surface area contributed by atoms with Crippen LogP contribution < -0.4 is 11.5 Å². The lowest BCUT2D eigenvalue weighted by atomic mass is 10.1. The summed E-state index contributed by atoms with van der Waals surface area (Å²) in [5.41, 5.74) is 14.1. The predicted molar refractivity (Wildman–Crippen MR) is 61.9 cm³/mol. The summed E-state index contributed by atoms with van der Waals surface area (Å²) in [6, 6.07) is 5.82. The van der Waals surface area contributed by atoms with Crippen molar-refractivity contribution in [1.82, 2.24) is 4.90 Å². The second kappa shape index (κ2) is 4.86. The lowest BCUT2D eigenvalue weighted by molar-refractivity contribution is 0.296. The van der Waals surface area contributed by atoms with E-state index in [1.54, 1.807) is 0 Å². The van der Waals surface area contributed by atoms with Crippen molar-refractivity contribution in [3.8, 4) is 0 Å². The molecule has 78 valence electrons. The second-order valence-corrected chi connectivity index (χ2v) is 3.38. The zero-order chi connectivity index (χ0) is 10.6. The van der Waals surface area contributed by atoms with Crippen molar-refractivity contribution in [2.24, 2.45) is 0 Å². The molecule has 1 aromatic rings. The summed E-state index contributed by atoms with van der Waals surface area (Å²) in [6.45, 7) is 7.23. The summed E-state index contributed by atoms with van der Waals surface area (Å²) in [5.74, 6) is 0. The van der Waals surface area contributed by atoms with Gasteiger partial charge in [0.1, 0.15) is 0 Å². The monoisotopic (exact) mass is 193 g/mol. The molecule has 0 radical (unpaired) electrons. The van der Waals surface area contributed by atoms with Gasteiger partial charge in [-0.05, 0) is 24.7 Å². The number of benzene rings is 1. The molecule has 0 saturated carbocycles. The number of anilines is 2. The maximum atomic E-state index is 5.89. The lowest BCUT2D eigenvalue weighted by Gasteiger charge is -2.19. The maximum Gasteiger partial charge on any atom is 0.0593 e. The van der Waals surface area contributed by atoms with Crippen LogP contribution in [0.15, 0.2) is 18.2 Å². The molecular formula is C11H19N3. The van der Waals surface area contributed by atoms with E-state index in [0.29, 0.717) is 5.69 Å². The van der Waals surface area contributed by atoms with Crippen molar-refractivity contribution < 1.29 is 0 Å². The van der Waals surface area contributed by atoms with Gasteiger partial charge in [-0.1, -0.05) is 26.0 Å². The van der Waals surface area contributed by atoms with E-state index in [1.165, 1.54) is 0 Å². The Morgan fingerprint density at radius 1 is 1.14 bits per heavy atom. The molecule has 3 heteroatoms. The summed E-state index contributed by atoms with van der Waals surface area (Å²) < 4.78 is 0. The van der Waals surface area contributed by atoms with Crippen LogP contribution in [0.1, 0.15) is 19.4 Å². The molecule has 3 nitrogen and oxygen atoms in total. The molecule has 0 amide bonds. The summed E-state index contributed by atoms with van der Waals surface area (Å²) in [7, 11) is 0. The minimum Gasteiger partial charge on any atom is -0.397 e. The molecule has 1 aromatic carbocycles. The van der Waals surface area contributed by atoms with Crippen LogP contribution in [0.3, 0.4) is 0 Å². The zero-order valence-electron chi connectivity index (χ0n) is 8.96. The standard InChI is InChI=1S/C11H19N3/c1-3-14(4-2)8-9-6-5-7-10(12)11(9)13/h5-7H,3-4,8,12-13H2,1-2H3. The Balaban J connectivity index is 2.80. The highest BCUT2D eigenvalue weighted by Gasteiger charge is 2.05. The molecule has 0 spiro atoms. The smallest absolute Gasteiger partial charge is 0.0593 e. The predicted octanol–water partition coefficient (Wildman–Crippen LogP) is 1.69. The fourth-order valence-electron chi connectivity index (χ4n) is 1.46. The molecule has 0 aliphatic carbocycles. The van der Waals surface area contributed by atoms with Crippen molar-refractivity contribution in [3.63, 3.8) is 0 Å². The van der Waals surface area contributed by atoms with Crippen LogP contribution in [0.4, 0.5) is 11.4 Å². The van der Waals surface area contributed by atoms with E-state index >= 15 is 0 Å². The van der Waals surface area contributed by atoms with Gasteiger partial charge in [0.05, 0.1) is 11.4 Å². The molecule has 0 fully saturated rings. The number of para-hydroxylation sites is 1. The SMILES string of the molecule is CCN(CC)Cc1cccc(N)c1N. The maximum absolute atomic E-state index is 5.89. The molecule has 0 aliphatic rings. The molecule has 0 aromatic heterocycles. The third-order valence-electron chi connectivity index (χ3n) is 2.52. The van der Waals surface area contributed by atoms with Gasteiger partial charge in [0.15, 0.2) is 0 Å². The van der Waals surface area contributed by atoms with Crippen LogP contribution in [0.2, 0.25) is 0 Å². The molecule has 0 heterocycles. The highest BCUT2D eigenvalue weighted by atomic mass is 15.1. The third-order valence-corrected chi connectivity index (χ3v) is 2.52. The molecule has 0 aliphatic heterocycles. The number of nitrogen functional groups attached to an aromatic ring is 2. The van der Waals surface area contributed by atoms with E-state index in [4.69, 9.17) is 11.5 Å². The van der Waals surface area contributed by atoms with E-state index in [0.717, 1.165) is 30.9 Å². The van der Waals surface area contributed by atoms with E-state index in [9.17, 15) is 0 Å². The van der Waals surface area contributed by atoms with Crippen molar-refractivity contribution in [3.05, 3.63) is 23.8 Å². The van der Waals surface area contributed by atoms with Crippen molar-refractivity contribution >= 4 is 11.4 Å². The van der Waals surface area contributed by atoms with Gasteiger partial charge in [0.2, 0.25) is 0 Å². The first kappa shape index (κ1) is 10.9. The Hall–Kier alpha value is -1.22. The molecule has 1 rings (SSSR count). The van der Waals surface area contributed by atoms with E-state index in [1.807, 2.05) is 18.2 Å². The number of hydrogen-bond acceptors (Lipinski definition) is 3. The number of rotatable bonds is 4. The van der Waals surface area contributed by atoms with Crippen LogP contribution in [0.25, 0.3) is 0 Å². The normalized spacial score (nSPS) is 10.8. The van der Waals surface area contributed by atoms with Gasteiger partial charge in [-0.3, -0.25) is 4.90 Å².